The SMILES string of the molecule is O=C(OC1CC(c2ccccc2)C1)ON1C(=O)CCC1=O. The standard InChI is InChI=1S/C15H15NO5/c17-13-6-7-14(18)16(13)21-15(19)20-12-8-11(9-12)10-4-2-1-3-5-10/h1-5,11-12H,6-9H2. The van der Waals surface area contributed by atoms with E-state index in [2.05, 4.69) is 4.84 Å². The van der Waals surface area contributed by atoms with Crippen LogP contribution in [0, 0.1) is 0 Å². The number of amides is 2. The Hall–Kier alpha value is -2.37. The van der Waals surface area contributed by atoms with E-state index in [1.807, 2.05) is 30.3 Å². The molecule has 1 saturated heterocycles. The van der Waals surface area contributed by atoms with E-state index in [0.717, 1.165) is 12.8 Å². The van der Waals surface area contributed by atoms with E-state index in [1.54, 1.807) is 0 Å². The first-order chi connectivity index (χ1) is 10.1. The number of rotatable bonds is 3. The van der Waals surface area contributed by atoms with Gasteiger partial charge in [-0.3, -0.25) is 14.4 Å². The summed E-state index contributed by atoms with van der Waals surface area (Å²) in [5.74, 6) is -0.639. The highest BCUT2D eigenvalue weighted by atomic mass is 16.8. The molecule has 0 atom stereocenters. The normalized spacial score (nSPS) is 24.7. The summed E-state index contributed by atoms with van der Waals surface area (Å²) in [5.41, 5.74) is 1.22. The van der Waals surface area contributed by atoms with E-state index in [-0.39, 0.29) is 18.9 Å². The van der Waals surface area contributed by atoms with Crippen LogP contribution >= 0.6 is 0 Å². The maximum atomic E-state index is 11.5. The third-order valence-corrected chi connectivity index (χ3v) is 3.80. The van der Waals surface area contributed by atoms with Crippen LogP contribution in [0.25, 0.3) is 0 Å². The number of hydrogen-bond acceptors (Lipinski definition) is 5. The molecule has 0 spiro atoms. The van der Waals surface area contributed by atoms with Crippen LogP contribution in [-0.2, 0) is 19.2 Å². The second-order valence-electron chi connectivity index (χ2n) is 5.24. The van der Waals surface area contributed by atoms with E-state index in [4.69, 9.17) is 4.74 Å². The highest BCUT2D eigenvalue weighted by Gasteiger charge is 2.37. The first kappa shape index (κ1) is 13.6. The molecule has 1 aliphatic carbocycles. The quantitative estimate of drug-likeness (QED) is 0.629. The summed E-state index contributed by atoms with van der Waals surface area (Å²) in [4.78, 5) is 38.8. The van der Waals surface area contributed by atoms with Crippen LogP contribution in [0.1, 0.15) is 37.2 Å². The Morgan fingerprint density at radius 3 is 2.29 bits per heavy atom. The zero-order valence-electron chi connectivity index (χ0n) is 11.4. The predicted molar refractivity (Wildman–Crippen MR) is 70.9 cm³/mol. The summed E-state index contributed by atoms with van der Waals surface area (Å²) in [5, 5.41) is 0.496. The summed E-state index contributed by atoms with van der Waals surface area (Å²) in [6, 6.07) is 9.99. The maximum Gasteiger partial charge on any atom is 0.534 e. The number of carbonyl (C=O) groups excluding carboxylic acids is 3. The fourth-order valence-electron chi connectivity index (χ4n) is 2.55. The van der Waals surface area contributed by atoms with Crippen molar-refractivity contribution in [2.75, 3.05) is 0 Å². The first-order valence-corrected chi connectivity index (χ1v) is 6.93. The molecule has 2 amide bonds. The summed E-state index contributed by atoms with van der Waals surface area (Å²) in [6.07, 6.45) is 0.379. The predicted octanol–water partition coefficient (Wildman–Crippen LogP) is 2.15. The summed E-state index contributed by atoms with van der Waals surface area (Å²) in [6.45, 7) is 0. The number of imide groups is 1. The molecule has 0 N–H and O–H groups in total. The Morgan fingerprint density at radius 2 is 1.67 bits per heavy atom. The molecule has 1 aromatic rings. The van der Waals surface area contributed by atoms with Crippen molar-refractivity contribution >= 4 is 18.0 Å². The number of carbonyl (C=O) groups is 3. The lowest BCUT2D eigenvalue weighted by Gasteiger charge is -2.34. The third kappa shape index (κ3) is 2.89. The van der Waals surface area contributed by atoms with Crippen LogP contribution in [0.2, 0.25) is 0 Å². The van der Waals surface area contributed by atoms with Crippen LogP contribution in [0.15, 0.2) is 30.3 Å². The molecule has 2 fully saturated rings. The van der Waals surface area contributed by atoms with Crippen LogP contribution in [0.5, 0.6) is 0 Å². The molecule has 3 rings (SSSR count). The van der Waals surface area contributed by atoms with Crippen molar-refractivity contribution in [3.63, 3.8) is 0 Å². The van der Waals surface area contributed by atoms with Crippen LogP contribution in [-0.4, -0.2) is 29.1 Å². The van der Waals surface area contributed by atoms with Crippen LogP contribution < -0.4 is 0 Å². The van der Waals surface area contributed by atoms with Gasteiger partial charge in [0.25, 0.3) is 11.8 Å². The average Bonchev–Trinajstić information content (AvgIpc) is 2.75. The highest BCUT2D eigenvalue weighted by molar-refractivity contribution is 6.01. The molecule has 6 nitrogen and oxygen atoms in total. The smallest absolute Gasteiger partial charge is 0.429 e. The maximum absolute atomic E-state index is 11.5. The number of hydroxylamine groups is 2. The van der Waals surface area contributed by atoms with Gasteiger partial charge < -0.3 is 4.74 Å². The van der Waals surface area contributed by atoms with E-state index in [1.165, 1.54) is 5.56 Å². The van der Waals surface area contributed by atoms with Gasteiger partial charge in [0.15, 0.2) is 0 Å². The van der Waals surface area contributed by atoms with Gasteiger partial charge in [-0.2, -0.15) is 0 Å². The van der Waals surface area contributed by atoms with E-state index < -0.39 is 18.0 Å². The molecule has 1 heterocycles. The number of ether oxygens (including phenoxy) is 1. The monoisotopic (exact) mass is 289 g/mol. The molecule has 1 saturated carbocycles. The molecular weight excluding hydrogens is 274 g/mol. The summed E-state index contributed by atoms with van der Waals surface area (Å²) >= 11 is 0. The van der Waals surface area contributed by atoms with Crippen molar-refractivity contribution in [1.82, 2.24) is 5.06 Å². The van der Waals surface area contributed by atoms with E-state index >= 15 is 0 Å². The van der Waals surface area contributed by atoms with Crippen molar-refractivity contribution in [3.8, 4) is 0 Å². The van der Waals surface area contributed by atoms with Gasteiger partial charge >= 0.3 is 6.16 Å². The van der Waals surface area contributed by atoms with Crippen molar-refractivity contribution in [1.29, 1.82) is 0 Å². The molecule has 1 aliphatic heterocycles. The largest absolute Gasteiger partial charge is 0.534 e. The number of benzene rings is 1. The van der Waals surface area contributed by atoms with Crippen molar-refractivity contribution < 1.29 is 24.0 Å². The Labute approximate surface area is 121 Å². The molecular formula is C15H15NO5. The fraction of sp³-hybridized carbons (Fsp3) is 0.400. The Morgan fingerprint density at radius 1 is 1.05 bits per heavy atom. The van der Waals surface area contributed by atoms with Gasteiger partial charge in [0.05, 0.1) is 0 Å². The molecule has 2 aliphatic rings. The average molecular weight is 289 g/mol. The Balaban J connectivity index is 1.45. The van der Waals surface area contributed by atoms with Gasteiger partial charge in [-0.1, -0.05) is 35.4 Å². The molecule has 21 heavy (non-hydrogen) atoms. The minimum Gasteiger partial charge on any atom is -0.429 e. The van der Waals surface area contributed by atoms with Crippen LogP contribution in [0.3, 0.4) is 0 Å². The summed E-state index contributed by atoms with van der Waals surface area (Å²) in [7, 11) is 0. The second kappa shape index (κ2) is 5.55. The second-order valence-corrected chi connectivity index (χ2v) is 5.24. The van der Waals surface area contributed by atoms with Gasteiger partial charge in [0.1, 0.15) is 6.10 Å². The molecule has 1 aromatic carbocycles. The highest BCUT2D eigenvalue weighted by Crippen LogP contribution is 2.38. The van der Waals surface area contributed by atoms with Gasteiger partial charge in [-0.05, 0) is 24.3 Å². The minimum absolute atomic E-state index is 0.0750. The van der Waals surface area contributed by atoms with Crippen molar-refractivity contribution in [3.05, 3.63) is 35.9 Å². The number of hydrogen-bond donors (Lipinski definition) is 0. The van der Waals surface area contributed by atoms with Gasteiger partial charge in [0.2, 0.25) is 0 Å². The minimum atomic E-state index is -0.991. The fourth-order valence-corrected chi connectivity index (χ4v) is 2.55. The lowest BCUT2D eigenvalue weighted by Crippen LogP contribution is -2.37. The van der Waals surface area contributed by atoms with E-state index in [0.29, 0.717) is 11.0 Å². The molecule has 110 valence electrons. The molecule has 0 aromatic heterocycles. The van der Waals surface area contributed by atoms with E-state index in [9.17, 15) is 14.4 Å². The Bertz CT molecular complexity index is 549. The number of nitrogens with zero attached hydrogens (tertiary/aromatic N) is 1. The van der Waals surface area contributed by atoms with Gasteiger partial charge in [-0.15, -0.1) is 0 Å². The third-order valence-electron chi connectivity index (χ3n) is 3.80. The van der Waals surface area contributed by atoms with Crippen LogP contribution in [0.4, 0.5) is 4.79 Å². The van der Waals surface area contributed by atoms with Gasteiger partial charge in [-0.25, -0.2) is 4.79 Å². The van der Waals surface area contributed by atoms with Gasteiger partial charge in [0, 0.05) is 12.8 Å². The topological polar surface area (TPSA) is 72.9 Å². The van der Waals surface area contributed by atoms with Crippen molar-refractivity contribution in [2.24, 2.45) is 0 Å². The molecule has 6 heteroatoms. The molecule has 0 radical (unpaired) electrons. The van der Waals surface area contributed by atoms with Crippen molar-refractivity contribution in [2.45, 2.75) is 37.7 Å². The zero-order chi connectivity index (χ0) is 14.8. The zero-order valence-corrected chi connectivity index (χ0v) is 11.4. The molecule has 0 unspecified atom stereocenters. The summed E-state index contributed by atoms with van der Waals surface area (Å²) < 4.78 is 5.09. The Kier molecular flexibility index (Phi) is 3.60. The lowest BCUT2D eigenvalue weighted by molar-refractivity contribution is -0.179. The first-order valence-electron chi connectivity index (χ1n) is 6.93. The molecule has 0 bridgehead atoms. The lowest BCUT2D eigenvalue weighted by atomic mass is 9.77.